The van der Waals surface area contributed by atoms with Crippen molar-refractivity contribution in [2.45, 2.75) is 18.3 Å². The minimum absolute atomic E-state index is 0. The SMILES string of the molecule is COc1ccccc1OCC1SCCN1C(=O)CC(=O)N1CCN(Cc2ccccc2)CC1.Cl. The Hall–Kier alpha value is -2.42. The summed E-state index contributed by atoms with van der Waals surface area (Å²) in [6.07, 6.45) is -0.0790. The molecule has 34 heavy (non-hydrogen) atoms. The molecule has 2 aromatic carbocycles. The van der Waals surface area contributed by atoms with Gasteiger partial charge in [0.2, 0.25) is 11.8 Å². The molecule has 2 aromatic rings. The lowest BCUT2D eigenvalue weighted by Crippen LogP contribution is -2.49. The van der Waals surface area contributed by atoms with Gasteiger partial charge >= 0.3 is 0 Å². The summed E-state index contributed by atoms with van der Waals surface area (Å²) in [7, 11) is 1.61. The van der Waals surface area contributed by atoms with Crippen molar-refractivity contribution in [3.8, 4) is 11.5 Å². The quantitative estimate of drug-likeness (QED) is 0.514. The van der Waals surface area contributed by atoms with Crippen molar-refractivity contribution in [3.63, 3.8) is 0 Å². The predicted octanol–water partition coefficient (Wildman–Crippen LogP) is 3.13. The molecule has 2 saturated heterocycles. The number of hydrogen-bond acceptors (Lipinski definition) is 6. The second kappa shape index (κ2) is 12.9. The molecular formula is C25H32ClN3O4S. The molecule has 2 aliphatic rings. The molecule has 0 N–H and O–H groups in total. The number of ether oxygens (including phenoxy) is 2. The van der Waals surface area contributed by atoms with Crippen LogP contribution >= 0.6 is 24.2 Å². The maximum Gasteiger partial charge on any atom is 0.233 e. The zero-order valence-corrected chi connectivity index (χ0v) is 21.1. The Morgan fingerprint density at radius 3 is 2.29 bits per heavy atom. The van der Waals surface area contributed by atoms with Crippen LogP contribution in [0.2, 0.25) is 0 Å². The molecule has 184 valence electrons. The van der Waals surface area contributed by atoms with E-state index in [1.54, 1.807) is 23.8 Å². The topological polar surface area (TPSA) is 62.3 Å². The maximum atomic E-state index is 12.9. The fourth-order valence-corrected chi connectivity index (χ4v) is 5.32. The first kappa shape index (κ1) is 26.2. The first-order chi connectivity index (χ1) is 16.1. The smallest absolute Gasteiger partial charge is 0.233 e. The van der Waals surface area contributed by atoms with E-state index < -0.39 is 0 Å². The van der Waals surface area contributed by atoms with Gasteiger partial charge in [0, 0.05) is 45.0 Å². The van der Waals surface area contributed by atoms with Crippen LogP contribution in [0.4, 0.5) is 0 Å². The lowest BCUT2D eigenvalue weighted by molar-refractivity contribution is -0.141. The number of carbonyl (C=O) groups is 2. The van der Waals surface area contributed by atoms with E-state index in [1.807, 2.05) is 47.4 Å². The van der Waals surface area contributed by atoms with E-state index in [-0.39, 0.29) is 36.0 Å². The Morgan fingerprint density at radius 2 is 1.59 bits per heavy atom. The molecule has 9 heteroatoms. The lowest BCUT2D eigenvalue weighted by Gasteiger charge is -2.35. The minimum atomic E-state index is -0.120. The number of rotatable bonds is 8. The van der Waals surface area contributed by atoms with Crippen molar-refractivity contribution >= 4 is 36.0 Å². The zero-order chi connectivity index (χ0) is 23.0. The molecule has 7 nitrogen and oxygen atoms in total. The molecule has 2 fully saturated rings. The van der Waals surface area contributed by atoms with Crippen molar-refractivity contribution in [1.29, 1.82) is 0 Å². The number of para-hydroxylation sites is 2. The molecule has 2 amide bonds. The summed E-state index contributed by atoms with van der Waals surface area (Å²) in [5.74, 6) is 1.97. The van der Waals surface area contributed by atoms with Gasteiger partial charge < -0.3 is 19.3 Å². The van der Waals surface area contributed by atoms with Crippen LogP contribution in [0.15, 0.2) is 54.6 Å². The predicted molar refractivity (Wildman–Crippen MR) is 137 cm³/mol. The third-order valence-electron chi connectivity index (χ3n) is 6.04. The number of carbonyl (C=O) groups excluding carboxylic acids is 2. The van der Waals surface area contributed by atoms with E-state index in [1.165, 1.54) is 5.56 Å². The van der Waals surface area contributed by atoms with Gasteiger partial charge in [-0.2, -0.15) is 0 Å². The first-order valence-electron chi connectivity index (χ1n) is 11.3. The van der Waals surface area contributed by atoms with Gasteiger partial charge in [-0.25, -0.2) is 0 Å². The number of amides is 2. The number of halogens is 1. The minimum Gasteiger partial charge on any atom is -0.493 e. The summed E-state index contributed by atoms with van der Waals surface area (Å²) in [5.41, 5.74) is 1.28. The van der Waals surface area contributed by atoms with E-state index in [0.29, 0.717) is 37.7 Å². The first-order valence-corrected chi connectivity index (χ1v) is 12.4. The second-order valence-corrected chi connectivity index (χ2v) is 9.48. The van der Waals surface area contributed by atoms with Gasteiger partial charge in [-0.1, -0.05) is 42.5 Å². The normalized spacial score (nSPS) is 18.3. The molecule has 0 bridgehead atoms. The van der Waals surface area contributed by atoms with Gasteiger partial charge in [0.05, 0.1) is 7.11 Å². The molecule has 0 radical (unpaired) electrons. The number of methoxy groups -OCH3 is 1. The lowest BCUT2D eigenvalue weighted by atomic mass is 10.2. The van der Waals surface area contributed by atoms with Gasteiger partial charge in [-0.05, 0) is 17.7 Å². The molecular weight excluding hydrogens is 474 g/mol. The largest absolute Gasteiger partial charge is 0.493 e. The van der Waals surface area contributed by atoms with Crippen molar-refractivity contribution < 1.29 is 19.1 Å². The van der Waals surface area contributed by atoms with Crippen molar-refractivity contribution in [1.82, 2.24) is 14.7 Å². The van der Waals surface area contributed by atoms with E-state index >= 15 is 0 Å². The number of hydrogen-bond donors (Lipinski definition) is 0. The Balaban J connectivity index is 0.00000324. The van der Waals surface area contributed by atoms with Crippen LogP contribution in [0, 0.1) is 0 Å². The summed E-state index contributed by atoms with van der Waals surface area (Å²) in [6.45, 7) is 4.86. The summed E-state index contributed by atoms with van der Waals surface area (Å²) in [4.78, 5) is 31.7. The van der Waals surface area contributed by atoms with Crippen LogP contribution in [-0.4, -0.2) is 84.1 Å². The Kier molecular flexibility index (Phi) is 9.92. The number of nitrogens with zero attached hydrogens (tertiary/aromatic N) is 3. The monoisotopic (exact) mass is 505 g/mol. The van der Waals surface area contributed by atoms with Gasteiger partial charge in [0.15, 0.2) is 11.5 Å². The second-order valence-electron chi connectivity index (χ2n) is 8.19. The van der Waals surface area contributed by atoms with Gasteiger partial charge in [0.1, 0.15) is 18.4 Å². The molecule has 2 heterocycles. The highest BCUT2D eigenvalue weighted by molar-refractivity contribution is 8.00. The average molecular weight is 506 g/mol. The molecule has 1 atom stereocenters. The van der Waals surface area contributed by atoms with E-state index in [0.717, 1.165) is 25.4 Å². The van der Waals surface area contributed by atoms with Crippen LogP contribution in [0.1, 0.15) is 12.0 Å². The summed E-state index contributed by atoms with van der Waals surface area (Å²) < 4.78 is 11.3. The third-order valence-corrected chi connectivity index (χ3v) is 7.23. The molecule has 0 aromatic heterocycles. The Bertz CT molecular complexity index is 941. The highest BCUT2D eigenvalue weighted by Crippen LogP contribution is 2.29. The van der Waals surface area contributed by atoms with Gasteiger partial charge in [-0.3, -0.25) is 14.5 Å². The molecule has 0 aliphatic carbocycles. The van der Waals surface area contributed by atoms with Crippen molar-refractivity contribution in [3.05, 3.63) is 60.2 Å². The van der Waals surface area contributed by atoms with Crippen molar-refractivity contribution in [2.75, 3.05) is 52.2 Å². The Morgan fingerprint density at radius 1 is 0.912 bits per heavy atom. The van der Waals surface area contributed by atoms with E-state index in [2.05, 4.69) is 17.0 Å². The summed E-state index contributed by atoms with van der Waals surface area (Å²) >= 11 is 1.68. The Labute approximate surface area is 211 Å². The van der Waals surface area contributed by atoms with Gasteiger partial charge in [-0.15, -0.1) is 24.2 Å². The molecule has 2 aliphatic heterocycles. The highest BCUT2D eigenvalue weighted by Gasteiger charge is 2.32. The number of benzene rings is 2. The van der Waals surface area contributed by atoms with E-state index in [4.69, 9.17) is 9.47 Å². The molecule has 4 rings (SSSR count). The van der Waals surface area contributed by atoms with Crippen LogP contribution in [0.25, 0.3) is 0 Å². The van der Waals surface area contributed by atoms with E-state index in [9.17, 15) is 9.59 Å². The fraction of sp³-hybridized carbons (Fsp3) is 0.440. The summed E-state index contributed by atoms with van der Waals surface area (Å²) in [6, 6.07) is 17.8. The number of thioether (sulfide) groups is 1. The standard InChI is InChI=1S/C25H31N3O4S.ClH/c1-31-21-9-5-6-10-22(21)32-19-25-28(15-16-33-25)24(30)17-23(29)27-13-11-26(12-14-27)18-20-7-3-2-4-8-20;/h2-10,25H,11-19H2,1H3;1H. The zero-order valence-electron chi connectivity index (χ0n) is 19.4. The van der Waals surface area contributed by atoms with Crippen LogP contribution in [0.5, 0.6) is 11.5 Å². The number of piperazine rings is 1. The van der Waals surface area contributed by atoms with Crippen LogP contribution < -0.4 is 9.47 Å². The molecule has 1 unspecified atom stereocenters. The maximum absolute atomic E-state index is 12.9. The van der Waals surface area contributed by atoms with Gasteiger partial charge in [0.25, 0.3) is 0 Å². The van der Waals surface area contributed by atoms with Crippen LogP contribution in [0.3, 0.4) is 0 Å². The third kappa shape index (κ3) is 6.81. The highest BCUT2D eigenvalue weighted by atomic mass is 35.5. The van der Waals surface area contributed by atoms with Crippen molar-refractivity contribution in [2.24, 2.45) is 0 Å². The van der Waals surface area contributed by atoms with Crippen LogP contribution in [-0.2, 0) is 16.1 Å². The molecule has 0 spiro atoms. The summed E-state index contributed by atoms with van der Waals surface area (Å²) in [5, 5.41) is -0.0991. The molecule has 0 saturated carbocycles. The fourth-order valence-electron chi connectivity index (χ4n) is 4.18. The average Bonchev–Trinajstić information content (AvgIpc) is 3.33.